The Balaban J connectivity index is 0.00000220. The van der Waals surface area contributed by atoms with Gasteiger partial charge in [0, 0.05) is 18.8 Å². The number of hydrogen-bond donors (Lipinski definition) is 2. The van der Waals surface area contributed by atoms with E-state index >= 15 is 0 Å². The largest absolute Gasteiger partial charge is 0.376 e. The molecule has 1 aliphatic rings. The molecule has 3 N–H and O–H groups in total. The second kappa shape index (κ2) is 9.00. The fourth-order valence-electron chi connectivity index (χ4n) is 2.07. The second-order valence-electron chi connectivity index (χ2n) is 5.00. The number of benzene rings is 1. The molecule has 0 bridgehead atoms. The summed E-state index contributed by atoms with van der Waals surface area (Å²) in [6, 6.07) is 7.47. The third-order valence-electron chi connectivity index (χ3n) is 3.38. The lowest BCUT2D eigenvalue weighted by Crippen LogP contribution is -2.30. The lowest BCUT2D eigenvalue weighted by Gasteiger charge is -2.16. The molecule has 1 heterocycles. The van der Waals surface area contributed by atoms with Crippen LogP contribution in [-0.2, 0) is 20.8 Å². The Morgan fingerprint density at radius 3 is 2.76 bits per heavy atom. The number of carbonyl (C=O) groups excluding carboxylic acids is 1. The predicted molar refractivity (Wildman–Crippen MR) is 84.6 cm³/mol. The van der Waals surface area contributed by atoms with E-state index in [9.17, 15) is 4.79 Å². The molecule has 1 amide bonds. The van der Waals surface area contributed by atoms with Crippen LogP contribution in [0.15, 0.2) is 24.3 Å². The molecule has 1 aromatic carbocycles. The monoisotopic (exact) mass is 314 g/mol. The van der Waals surface area contributed by atoms with E-state index < -0.39 is 6.10 Å². The van der Waals surface area contributed by atoms with Crippen molar-refractivity contribution >= 4 is 24.0 Å². The van der Waals surface area contributed by atoms with Crippen LogP contribution in [0.1, 0.15) is 25.3 Å². The first kappa shape index (κ1) is 17.9. The summed E-state index contributed by atoms with van der Waals surface area (Å²) in [4.78, 5) is 12.0. The molecule has 0 spiro atoms. The van der Waals surface area contributed by atoms with Gasteiger partial charge in [0.25, 0.3) is 5.91 Å². The minimum Gasteiger partial charge on any atom is -0.376 e. The highest BCUT2D eigenvalue weighted by Gasteiger charge is 2.19. The lowest BCUT2D eigenvalue weighted by molar-refractivity contribution is -0.128. The molecular weight excluding hydrogens is 292 g/mol. The van der Waals surface area contributed by atoms with Gasteiger partial charge in [-0.2, -0.15) is 0 Å². The van der Waals surface area contributed by atoms with E-state index in [1.165, 1.54) is 0 Å². The summed E-state index contributed by atoms with van der Waals surface area (Å²) in [5.41, 5.74) is 7.31. The molecule has 1 fully saturated rings. The Morgan fingerprint density at radius 2 is 2.19 bits per heavy atom. The molecule has 1 aromatic rings. The van der Waals surface area contributed by atoms with Gasteiger partial charge in [-0.25, -0.2) is 0 Å². The van der Waals surface area contributed by atoms with Gasteiger partial charge in [-0.3, -0.25) is 4.79 Å². The highest BCUT2D eigenvalue weighted by Crippen LogP contribution is 2.14. The predicted octanol–water partition coefficient (Wildman–Crippen LogP) is 2.09. The van der Waals surface area contributed by atoms with Crippen molar-refractivity contribution in [2.75, 3.05) is 18.5 Å². The molecule has 0 saturated carbocycles. The normalized spacial score (nSPS) is 18.9. The molecule has 0 aliphatic carbocycles. The molecule has 21 heavy (non-hydrogen) atoms. The smallest absolute Gasteiger partial charge is 0.253 e. The van der Waals surface area contributed by atoms with Crippen LogP contribution in [0.2, 0.25) is 0 Å². The van der Waals surface area contributed by atoms with Crippen molar-refractivity contribution < 1.29 is 14.3 Å². The van der Waals surface area contributed by atoms with E-state index in [2.05, 4.69) is 5.32 Å². The van der Waals surface area contributed by atoms with Gasteiger partial charge in [0.2, 0.25) is 0 Å². The number of nitrogens with two attached hydrogens (primary N) is 1. The fraction of sp³-hybridized carbons (Fsp3) is 0.533. The summed E-state index contributed by atoms with van der Waals surface area (Å²) >= 11 is 0. The van der Waals surface area contributed by atoms with Crippen LogP contribution in [0, 0.1) is 0 Å². The van der Waals surface area contributed by atoms with Crippen LogP contribution in [-0.4, -0.2) is 31.3 Å². The number of amides is 1. The first-order valence-corrected chi connectivity index (χ1v) is 7.02. The van der Waals surface area contributed by atoms with E-state index in [-0.39, 0.29) is 24.4 Å². The Morgan fingerprint density at radius 1 is 1.48 bits per heavy atom. The van der Waals surface area contributed by atoms with Crippen LogP contribution in [0.5, 0.6) is 0 Å². The first-order valence-electron chi connectivity index (χ1n) is 7.02. The van der Waals surface area contributed by atoms with Gasteiger partial charge in [-0.05, 0) is 37.5 Å². The van der Waals surface area contributed by atoms with Gasteiger partial charge in [0.1, 0.15) is 6.10 Å². The highest BCUT2D eigenvalue weighted by molar-refractivity contribution is 5.93. The molecule has 118 valence electrons. The van der Waals surface area contributed by atoms with Crippen LogP contribution >= 0.6 is 12.4 Å². The van der Waals surface area contributed by atoms with Gasteiger partial charge < -0.3 is 20.5 Å². The topological polar surface area (TPSA) is 73.6 Å². The van der Waals surface area contributed by atoms with Crippen LogP contribution < -0.4 is 11.1 Å². The number of carbonyl (C=O) groups is 1. The van der Waals surface area contributed by atoms with Gasteiger partial charge >= 0.3 is 0 Å². The summed E-state index contributed by atoms with van der Waals surface area (Å²) in [5.74, 6) is -0.150. The SMILES string of the molecule is CC(OCC1CCCO1)C(=O)Nc1ccc(CN)cc1.Cl. The highest BCUT2D eigenvalue weighted by atomic mass is 35.5. The minimum atomic E-state index is -0.492. The number of hydrogen-bond acceptors (Lipinski definition) is 4. The summed E-state index contributed by atoms with van der Waals surface area (Å²) in [7, 11) is 0. The summed E-state index contributed by atoms with van der Waals surface area (Å²) in [6.07, 6.45) is 1.72. The molecule has 2 unspecified atom stereocenters. The van der Waals surface area contributed by atoms with E-state index in [1.54, 1.807) is 6.92 Å². The molecule has 1 aliphatic heterocycles. The summed E-state index contributed by atoms with van der Waals surface area (Å²) < 4.78 is 11.0. The standard InChI is InChI=1S/C15H22N2O3.ClH/c1-11(20-10-14-3-2-8-19-14)15(18)17-13-6-4-12(9-16)5-7-13;/h4-7,11,14H,2-3,8-10,16H2,1H3,(H,17,18);1H. The van der Waals surface area contributed by atoms with Gasteiger partial charge in [-0.1, -0.05) is 12.1 Å². The molecule has 6 heteroatoms. The number of ether oxygens (including phenoxy) is 2. The van der Waals surface area contributed by atoms with E-state index in [4.69, 9.17) is 15.2 Å². The Kier molecular flexibility index (Phi) is 7.67. The van der Waals surface area contributed by atoms with Crippen molar-refractivity contribution in [3.8, 4) is 0 Å². The van der Waals surface area contributed by atoms with E-state index in [0.29, 0.717) is 13.2 Å². The van der Waals surface area contributed by atoms with Crippen molar-refractivity contribution in [3.05, 3.63) is 29.8 Å². The molecule has 0 radical (unpaired) electrons. The number of halogens is 1. The van der Waals surface area contributed by atoms with Crippen molar-refractivity contribution in [3.63, 3.8) is 0 Å². The fourth-order valence-corrected chi connectivity index (χ4v) is 2.07. The van der Waals surface area contributed by atoms with Gasteiger partial charge in [-0.15, -0.1) is 12.4 Å². The van der Waals surface area contributed by atoms with Gasteiger partial charge in [0.05, 0.1) is 12.7 Å². The maximum atomic E-state index is 12.0. The number of nitrogens with one attached hydrogen (secondary N) is 1. The van der Waals surface area contributed by atoms with Crippen molar-refractivity contribution in [2.24, 2.45) is 5.73 Å². The Hall–Kier alpha value is -1.14. The zero-order valence-electron chi connectivity index (χ0n) is 12.2. The molecule has 2 rings (SSSR count). The minimum absolute atomic E-state index is 0. The average molecular weight is 315 g/mol. The maximum absolute atomic E-state index is 12.0. The van der Waals surface area contributed by atoms with Crippen LogP contribution in [0.4, 0.5) is 5.69 Å². The molecule has 5 nitrogen and oxygen atoms in total. The summed E-state index contributed by atoms with van der Waals surface area (Å²) in [6.45, 7) is 3.51. The second-order valence-corrected chi connectivity index (χ2v) is 5.00. The first-order chi connectivity index (χ1) is 9.69. The molecular formula is C15H23ClN2O3. The lowest BCUT2D eigenvalue weighted by atomic mass is 10.2. The van der Waals surface area contributed by atoms with Crippen molar-refractivity contribution in [1.29, 1.82) is 0 Å². The van der Waals surface area contributed by atoms with Crippen LogP contribution in [0.25, 0.3) is 0 Å². The third kappa shape index (κ3) is 5.63. The zero-order valence-corrected chi connectivity index (χ0v) is 13.0. The quantitative estimate of drug-likeness (QED) is 0.843. The van der Waals surface area contributed by atoms with E-state index in [0.717, 1.165) is 30.7 Å². The maximum Gasteiger partial charge on any atom is 0.253 e. The Bertz CT molecular complexity index is 433. The van der Waals surface area contributed by atoms with Crippen molar-refractivity contribution in [2.45, 2.75) is 38.5 Å². The molecule has 0 aromatic heterocycles. The van der Waals surface area contributed by atoms with E-state index in [1.807, 2.05) is 24.3 Å². The average Bonchev–Trinajstić information content (AvgIpc) is 2.98. The molecule has 1 saturated heterocycles. The van der Waals surface area contributed by atoms with Crippen LogP contribution in [0.3, 0.4) is 0 Å². The van der Waals surface area contributed by atoms with Gasteiger partial charge in [0.15, 0.2) is 0 Å². The number of anilines is 1. The Labute approximate surface area is 131 Å². The summed E-state index contributed by atoms with van der Waals surface area (Å²) in [5, 5.41) is 2.82. The zero-order chi connectivity index (χ0) is 14.4. The third-order valence-corrected chi connectivity index (χ3v) is 3.38. The van der Waals surface area contributed by atoms with Crippen molar-refractivity contribution in [1.82, 2.24) is 0 Å². The molecule has 2 atom stereocenters. The number of rotatable bonds is 6.